The van der Waals surface area contributed by atoms with Crippen molar-refractivity contribution in [3.63, 3.8) is 0 Å². The Morgan fingerprint density at radius 1 is 1.09 bits per heavy atom. The van der Waals surface area contributed by atoms with E-state index in [4.69, 9.17) is 27.1 Å². The number of hydrogen-bond donors (Lipinski definition) is 1. The van der Waals surface area contributed by atoms with Gasteiger partial charge in [-0.3, -0.25) is 0 Å². The zero-order valence-corrected chi connectivity index (χ0v) is 21.0. The van der Waals surface area contributed by atoms with Crippen LogP contribution in [0.4, 0.5) is 11.6 Å². The summed E-state index contributed by atoms with van der Waals surface area (Å²) in [6.07, 6.45) is 0. The minimum Gasteiger partial charge on any atom is -0.462 e. The molecule has 184 valence electrons. The Bertz CT molecular complexity index is 1340. The molecule has 2 N–H and O–H groups in total. The van der Waals surface area contributed by atoms with Crippen molar-refractivity contribution in [3.05, 3.63) is 64.8 Å². The van der Waals surface area contributed by atoms with E-state index in [1.807, 2.05) is 35.2 Å². The first-order chi connectivity index (χ1) is 16.7. The summed E-state index contributed by atoms with van der Waals surface area (Å²) in [6, 6.07) is 13.7. The van der Waals surface area contributed by atoms with Gasteiger partial charge in [-0.25, -0.2) is 23.2 Å². The van der Waals surface area contributed by atoms with E-state index in [0.29, 0.717) is 41.7 Å². The number of carbonyl (C=O) groups is 1. The van der Waals surface area contributed by atoms with Crippen molar-refractivity contribution < 1.29 is 17.9 Å². The molecule has 0 amide bonds. The van der Waals surface area contributed by atoms with Gasteiger partial charge in [0.05, 0.1) is 33.6 Å². The summed E-state index contributed by atoms with van der Waals surface area (Å²) in [6.45, 7) is 4.98. The number of anilines is 2. The normalized spacial score (nSPS) is 14.7. The number of nitrogen functional groups attached to an aromatic ring is 1. The van der Waals surface area contributed by atoms with Gasteiger partial charge in [-0.2, -0.15) is 4.31 Å². The largest absolute Gasteiger partial charge is 0.462 e. The van der Waals surface area contributed by atoms with E-state index in [1.165, 1.54) is 22.5 Å². The Morgan fingerprint density at radius 2 is 1.77 bits per heavy atom. The summed E-state index contributed by atoms with van der Waals surface area (Å²) >= 11 is 6.03. The minimum atomic E-state index is -3.73. The van der Waals surface area contributed by atoms with Crippen LogP contribution in [0.25, 0.3) is 11.3 Å². The van der Waals surface area contributed by atoms with Gasteiger partial charge >= 0.3 is 5.97 Å². The monoisotopic (exact) mass is 515 g/mol. The van der Waals surface area contributed by atoms with Gasteiger partial charge in [-0.1, -0.05) is 41.9 Å². The number of hydrogen-bond acceptors (Lipinski definition) is 8. The third kappa shape index (κ3) is 5.09. The number of aryl methyl sites for hydroxylation is 1. The zero-order valence-electron chi connectivity index (χ0n) is 19.4. The first kappa shape index (κ1) is 24.9. The van der Waals surface area contributed by atoms with Gasteiger partial charge in [-0.15, -0.1) is 0 Å². The van der Waals surface area contributed by atoms with Crippen molar-refractivity contribution in [2.45, 2.75) is 18.7 Å². The molecular weight excluding hydrogens is 490 g/mol. The lowest BCUT2D eigenvalue weighted by atomic mass is 10.0. The van der Waals surface area contributed by atoms with Crippen molar-refractivity contribution in [2.24, 2.45) is 0 Å². The lowest BCUT2D eigenvalue weighted by Crippen LogP contribution is -2.49. The molecule has 0 saturated carbocycles. The molecule has 0 aliphatic carbocycles. The van der Waals surface area contributed by atoms with Crippen molar-refractivity contribution in [1.82, 2.24) is 14.3 Å². The molecule has 0 bridgehead atoms. The molecule has 0 unspecified atom stereocenters. The van der Waals surface area contributed by atoms with Crippen LogP contribution in [0.15, 0.2) is 53.4 Å². The van der Waals surface area contributed by atoms with Crippen molar-refractivity contribution in [3.8, 4) is 11.3 Å². The molecule has 1 aliphatic rings. The van der Waals surface area contributed by atoms with E-state index >= 15 is 0 Å². The van der Waals surface area contributed by atoms with Gasteiger partial charge in [-0.05, 0) is 32.0 Å². The molecule has 0 spiro atoms. The first-order valence-electron chi connectivity index (χ1n) is 11.1. The molecule has 0 radical (unpaired) electrons. The highest BCUT2D eigenvalue weighted by Gasteiger charge is 2.31. The summed E-state index contributed by atoms with van der Waals surface area (Å²) in [5.74, 6) is -0.0459. The number of carbonyl (C=O) groups excluding carboxylic acids is 1. The SMILES string of the molecule is CCOC(=O)c1c(C)nc(N2CCN(S(=O)(=O)c3ccc(N)c(Cl)c3)CC2)nc1-c1ccccc1. The average Bonchev–Trinajstić information content (AvgIpc) is 2.85. The summed E-state index contributed by atoms with van der Waals surface area (Å²) in [5.41, 5.74) is 8.11. The zero-order chi connectivity index (χ0) is 25.2. The highest BCUT2D eigenvalue weighted by Crippen LogP contribution is 2.29. The summed E-state index contributed by atoms with van der Waals surface area (Å²) < 4.78 is 32.8. The van der Waals surface area contributed by atoms with Crippen molar-refractivity contribution in [2.75, 3.05) is 43.4 Å². The van der Waals surface area contributed by atoms with Gasteiger partial charge in [0, 0.05) is 31.7 Å². The van der Waals surface area contributed by atoms with Crippen LogP contribution in [-0.2, 0) is 14.8 Å². The molecule has 0 atom stereocenters. The van der Waals surface area contributed by atoms with Gasteiger partial charge < -0.3 is 15.4 Å². The number of ether oxygens (including phenoxy) is 1. The first-order valence-corrected chi connectivity index (χ1v) is 13.0. The Labute approximate surface area is 209 Å². The lowest BCUT2D eigenvalue weighted by Gasteiger charge is -2.34. The van der Waals surface area contributed by atoms with Gasteiger partial charge in [0.1, 0.15) is 5.56 Å². The summed E-state index contributed by atoms with van der Waals surface area (Å²) in [4.78, 5) is 24.0. The number of piperazine rings is 1. The molecule has 1 fully saturated rings. The van der Waals surface area contributed by atoms with E-state index in [-0.39, 0.29) is 29.6 Å². The second-order valence-corrected chi connectivity index (χ2v) is 10.3. The van der Waals surface area contributed by atoms with Crippen LogP contribution < -0.4 is 10.6 Å². The van der Waals surface area contributed by atoms with E-state index in [1.54, 1.807) is 13.8 Å². The average molecular weight is 516 g/mol. The van der Waals surface area contributed by atoms with E-state index < -0.39 is 16.0 Å². The highest BCUT2D eigenvalue weighted by molar-refractivity contribution is 7.89. The molecule has 35 heavy (non-hydrogen) atoms. The number of aromatic nitrogens is 2. The predicted molar refractivity (Wildman–Crippen MR) is 135 cm³/mol. The van der Waals surface area contributed by atoms with Gasteiger partial charge in [0.25, 0.3) is 0 Å². The lowest BCUT2D eigenvalue weighted by molar-refractivity contribution is 0.0525. The van der Waals surface area contributed by atoms with Gasteiger partial charge in [0.2, 0.25) is 16.0 Å². The fraction of sp³-hybridized carbons (Fsp3) is 0.292. The summed E-state index contributed by atoms with van der Waals surface area (Å²) in [7, 11) is -3.73. The van der Waals surface area contributed by atoms with Crippen LogP contribution in [0.3, 0.4) is 0 Å². The van der Waals surface area contributed by atoms with Crippen LogP contribution in [0.1, 0.15) is 23.0 Å². The van der Waals surface area contributed by atoms with Crippen LogP contribution >= 0.6 is 11.6 Å². The number of benzene rings is 2. The second kappa shape index (κ2) is 10.2. The maximum atomic E-state index is 13.1. The van der Waals surface area contributed by atoms with Crippen molar-refractivity contribution in [1.29, 1.82) is 0 Å². The molecule has 11 heteroatoms. The predicted octanol–water partition coefficient (Wildman–Crippen LogP) is 3.38. The molecule has 2 aromatic carbocycles. The Morgan fingerprint density at radius 3 is 2.40 bits per heavy atom. The van der Waals surface area contributed by atoms with E-state index in [9.17, 15) is 13.2 Å². The molecule has 1 aliphatic heterocycles. The quantitative estimate of drug-likeness (QED) is 0.392. The minimum absolute atomic E-state index is 0.0994. The number of nitrogens with zero attached hydrogens (tertiary/aromatic N) is 4. The number of nitrogens with two attached hydrogens (primary N) is 1. The molecule has 4 rings (SSSR count). The second-order valence-electron chi connectivity index (χ2n) is 7.99. The maximum absolute atomic E-state index is 13.1. The van der Waals surface area contributed by atoms with Crippen LogP contribution in [0.5, 0.6) is 0 Å². The number of esters is 1. The van der Waals surface area contributed by atoms with Gasteiger partial charge in [0.15, 0.2) is 0 Å². The molecular formula is C24H26ClN5O4S. The van der Waals surface area contributed by atoms with Crippen LogP contribution in [0, 0.1) is 6.92 Å². The van der Waals surface area contributed by atoms with Crippen LogP contribution in [0.2, 0.25) is 5.02 Å². The Hall–Kier alpha value is -3.21. The fourth-order valence-electron chi connectivity index (χ4n) is 3.90. The topological polar surface area (TPSA) is 119 Å². The number of sulfonamides is 1. The highest BCUT2D eigenvalue weighted by atomic mass is 35.5. The Balaban J connectivity index is 1.60. The molecule has 1 saturated heterocycles. The van der Waals surface area contributed by atoms with E-state index in [2.05, 4.69) is 4.98 Å². The molecule has 3 aromatic rings. The Kier molecular flexibility index (Phi) is 7.25. The van der Waals surface area contributed by atoms with Crippen LogP contribution in [-0.4, -0.2) is 61.4 Å². The standard InChI is InChI=1S/C24H26ClN5O4S/c1-3-34-23(31)21-16(2)27-24(28-22(21)17-7-5-4-6-8-17)29-11-13-30(14-12-29)35(32,33)18-9-10-20(26)19(25)15-18/h4-10,15H,3,11-14,26H2,1-2H3. The third-order valence-electron chi connectivity index (χ3n) is 5.74. The summed E-state index contributed by atoms with van der Waals surface area (Å²) in [5, 5.41) is 0.198. The van der Waals surface area contributed by atoms with E-state index in [0.717, 1.165) is 5.56 Å². The number of rotatable bonds is 6. The smallest absolute Gasteiger partial charge is 0.342 e. The van der Waals surface area contributed by atoms with Crippen molar-refractivity contribution >= 4 is 39.2 Å². The molecule has 1 aromatic heterocycles. The maximum Gasteiger partial charge on any atom is 0.342 e. The molecule has 9 nitrogen and oxygen atoms in total. The third-order valence-corrected chi connectivity index (χ3v) is 7.96. The fourth-order valence-corrected chi connectivity index (χ4v) is 5.59. The number of halogens is 1. The molecule has 2 heterocycles.